The molecule has 1 amide bonds. The Hall–Kier alpha value is -3.18. The van der Waals surface area contributed by atoms with Gasteiger partial charge < -0.3 is 29.3 Å². The molecule has 0 atom stereocenters. The number of amides is 1. The number of ether oxygens (including phenoxy) is 2. The average molecular weight is 502 g/mol. The van der Waals surface area contributed by atoms with Crippen molar-refractivity contribution in [1.82, 2.24) is 9.97 Å². The second-order valence-corrected chi connectivity index (χ2v) is 9.61. The SMILES string of the molecule is COCCOc1cc(F)c2c(c1)N(CCO)C(=O)C21CCN(c2nc3c(c(=O)[nH]2)CCCN3C)CC1. The zero-order valence-electron chi connectivity index (χ0n) is 20.7. The minimum absolute atomic E-state index is 0.0737. The maximum Gasteiger partial charge on any atom is 0.257 e. The Morgan fingerprint density at radius 3 is 2.69 bits per heavy atom. The summed E-state index contributed by atoms with van der Waals surface area (Å²) in [6, 6.07) is 2.98. The third-order valence-corrected chi connectivity index (χ3v) is 7.53. The summed E-state index contributed by atoms with van der Waals surface area (Å²) in [5.74, 6) is 0.773. The number of aromatic nitrogens is 2. The van der Waals surface area contributed by atoms with E-state index in [1.54, 1.807) is 13.2 Å². The number of hydrogen-bond donors (Lipinski definition) is 2. The molecule has 4 heterocycles. The van der Waals surface area contributed by atoms with Gasteiger partial charge in [-0.3, -0.25) is 14.6 Å². The number of nitrogens with zero attached hydrogens (tertiary/aromatic N) is 4. The Balaban J connectivity index is 1.44. The molecule has 1 fully saturated rings. The molecule has 2 aromatic rings. The van der Waals surface area contributed by atoms with Crippen LogP contribution in [0.5, 0.6) is 5.75 Å². The molecule has 3 aliphatic heterocycles. The van der Waals surface area contributed by atoms with Crippen molar-refractivity contribution in [2.45, 2.75) is 31.1 Å². The molecule has 1 spiro atoms. The number of fused-ring (bicyclic) bond motifs is 3. The fraction of sp³-hybridized carbons (Fsp3) is 0.560. The average Bonchev–Trinajstić information content (AvgIpc) is 3.08. The number of benzene rings is 1. The molecule has 11 heteroatoms. The summed E-state index contributed by atoms with van der Waals surface area (Å²) in [6.45, 7) is 2.14. The lowest BCUT2D eigenvalue weighted by Crippen LogP contribution is -2.50. The van der Waals surface area contributed by atoms with Crippen LogP contribution in [0.25, 0.3) is 0 Å². The van der Waals surface area contributed by atoms with Crippen LogP contribution in [-0.4, -0.2) is 81.1 Å². The van der Waals surface area contributed by atoms with Gasteiger partial charge in [0.15, 0.2) is 0 Å². The Morgan fingerprint density at radius 2 is 1.97 bits per heavy atom. The molecular weight excluding hydrogens is 469 g/mol. The van der Waals surface area contributed by atoms with E-state index >= 15 is 4.39 Å². The monoisotopic (exact) mass is 501 g/mol. The van der Waals surface area contributed by atoms with Gasteiger partial charge in [0.1, 0.15) is 24.0 Å². The van der Waals surface area contributed by atoms with Gasteiger partial charge in [-0.15, -0.1) is 0 Å². The first-order valence-corrected chi connectivity index (χ1v) is 12.4. The third-order valence-electron chi connectivity index (χ3n) is 7.53. The third kappa shape index (κ3) is 4.00. The molecule has 1 aromatic heterocycles. The first kappa shape index (κ1) is 24.5. The van der Waals surface area contributed by atoms with E-state index in [-0.39, 0.29) is 31.2 Å². The highest BCUT2D eigenvalue weighted by Crippen LogP contribution is 2.50. The predicted octanol–water partition coefficient (Wildman–Crippen LogP) is 1.19. The van der Waals surface area contributed by atoms with Gasteiger partial charge in [0, 0.05) is 58.0 Å². The van der Waals surface area contributed by atoms with Gasteiger partial charge in [0.2, 0.25) is 11.9 Å². The van der Waals surface area contributed by atoms with Crippen molar-refractivity contribution in [3.63, 3.8) is 0 Å². The van der Waals surface area contributed by atoms with Crippen LogP contribution in [-0.2, 0) is 21.4 Å². The van der Waals surface area contributed by atoms with E-state index in [1.165, 1.54) is 11.0 Å². The summed E-state index contributed by atoms with van der Waals surface area (Å²) in [5, 5.41) is 9.61. The Kier molecular flexibility index (Phi) is 6.60. The van der Waals surface area contributed by atoms with Gasteiger partial charge in [-0.05, 0) is 25.7 Å². The summed E-state index contributed by atoms with van der Waals surface area (Å²) in [4.78, 5) is 39.5. The molecule has 0 unspecified atom stereocenters. The summed E-state index contributed by atoms with van der Waals surface area (Å²) in [6.07, 6.45) is 2.33. The second-order valence-electron chi connectivity index (χ2n) is 9.61. The Morgan fingerprint density at radius 1 is 1.19 bits per heavy atom. The number of nitrogens with one attached hydrogen (secondary N) is 1. The highest BCUT2D eigenvalue weighted by molar-refractivity contribution is 6.08. The van der Waals surface area contributed by atoms with E-state index in [9.17, 15) is 14.7 Å². The smallest absolute Gasteiger partial charge is 0.257 e. The zero-order chi connectivity index (χ0) is 25.4. The molecule has 194 valence electrons. The fourth-order valence-electron chi connectivity index (χ4n) is 5.71. The number of β-amino-alcohol motifs (C(OH)–C–C–N with tert-alkyl or cyclic N) is 1. The molecule has 10 nitrogen and oxygen atoms in total. The molecule has 1 aromatic carbocycles. The van der Waals surface area contributed by atoms with Crippen LogP contribution < -0.4 is 25.0 Å². The van der Waals surface area contributed by atoms with Crippen LogP contribution in [0.2, 0.25) is 0 Å². The number of aliphatic hydroxyl groups excluding tert-OH is 1. The molecular formula is C25H32FN5O5. The van der Waals surface area contributed by atoms with Gasteiger partial charge in [-0.2, -0.15) is 4.98 Å². The number of carbonyl (C=O) groups excluding carboxylic acids is 1. The molecule has 0 saturated carbocycles. The molecule has 0 radical (unpaired) electrons. The summed E-state index contributed by atoms with van der Waals surface area (Å²) in [7, 11) is 3.48. The van der Waals surface area contributed by atoms with Crippen molar-refractivity contribution < 1.29 is 23.8 Å². The molecule has 0 aliphatic carbocycles. The number of aliphatic hydroxyl groups is 1. The molecule has 0 bridgehead atoms. The molecule has 36 heavy (non-hydrogen) atoms. The number of aromatic amines is 1. The number of hydrogen-bond acceptors (Lipinski definition) is 8. The lowest BCUT2D eigenvalue weighted by Gasteiger charge is -2.39. The molecule has 3 aliphatic rings. The van der Waals surface area contributed by atoms with Crippen LogP contribution in [0.1, 0.15) is 30.4 Å². The fourth-order valence-corrected chi connectivity index (χ4v) is 5.71. The number of halogens is 1. The summed E-state index contributed by atoms with van der Waals surface area (Å²) < 4.78 is 26.2. The standard InChI is InChI=1S/C25H32FN5O5/c1-29-7-3-4-17-21(29)27-24(28-22(17)33)30-8-5-25(6-9-30)20-18(26)14-16(36-13-12-35-2)15-19(20)31(10-11-32)23(25)34/h14-15,32H,3-13H2,1-2H3,(H,27,28,33). The van der Waals surface area contributed by atoms with Gasteiger partial charge in [0.25, 0.3) is 5.56 Å². The first-order valence-electron chi connectivity index (χ1n) is 12.4. The minimum Gasteiger partial charge on any atom is -0.491 e. The minimum atomic E-state index is -1.04. The van der Waals surface area contributed by atoms with E-state index in [4.69, 9.17) is 14.5 Å². The van der Waals surface area contributed by atoms with Crippen LogP contribution in [0.4, 0.5) is 21.8 Å². The maximum atomic E-state index is 15.5. The van der Waals surface area contributed by atoms with E-state index in [0.29, 0.717) is 73.3 Å². The number of rotatable bonds is 7. The number of H-pyrrole nitrogens is 1. The summed E-state index contributed by atoms with van der Waals surface area (Å²) in [5.41, 5.74) is 0.320. The van der Waals surface area contributed by atoms with E-state index in [0.717, 1.165) is 13.0 Å². The number of carbonyl (C=O) groups is 1. The Bertz CT molecular complexity index is 1210. The van der Waals surface area contributed by atoms with Crippen molar-refractivity contribution >= 4 is 23.4 Å². The van der Waals surface area contributed by atoms with Crippen LogP contribution in [0.3, 0.4) is 0 Å². The summed E-state index contributed by atoms with van der Waals surface area (Å²) >= 11 is 0. The lowest BCUT2D eigenvalue weighted by atomic mass is 9.73. The van der Waals surface area contributed by atoms with E-state index in [2.05, 4.69) is 4.98 Å². The van der Waals surface area contributed by atoms with Crippen molar-refractivity contribution in [2.75, 3.05) is 74.9 Å². The second kappa shape index (κ2) is 9.70. The topological polar surface area (TPSA) is 111 Å². The molecule has 5 rings (SSSR count). The highest BCUT2D eigenvalue weighted by Gasteiger charge is 2.54. The van der Waals surface area contributed by atoms with Crippen LogP contribution in [0.15, 0.2) is 16.9 Å². The van der Waals surface area contributed by atoms with Crippen LogP contribution in [0, 0.1) is 5.82 Å². The van der Waals surface area contributed by atoms with E-state index in [1.807, 2.05) is 16.8 Å². The molecule has 1 saturated heterocycles. The van der Waals surface area contributed by atoms with Gasteiger partial charge in [0.05, 0.1) is 29.9 Å². The van der Waals surface area contributed by atoms with Gasteiger partial charge in [-0.1, -0.05) is 0 Å². The predicted molar refractivity (Wildman–Crippen MR) is 133 cm³/mol. The largest absolute Gasteiger partial charge is 0.491 e. The van der Waals surface area contributed by atoms with Crippen LogP contribution >= 0.6 is 0 Å². The normalized spacial score (nSPS) is 18.6. The number of methoxy groups -OCH3 is 1. The van der Waals surface area contributed by atoms with E-state index < -0.39 is 11.2 Å². The lowest BCUT2D eigenvalue weighted by molar-refractivity contribution is -0.124. The van der Waals surface area contributed by atoms with Crippen molar-refractivity contribution in [2.24, 2.45) is 0 Å². The maximum absolute atomic E-state index is 15.5. The Labute approximate surface area is 208 Å². The number of piperidine rings is 1. The van der Waals surface area contributed by atoms with Crippen molar-refractivity contribution in [3.05, 3.63) is 39.4 Å². The van der Waals surface area contributed by atoms with Crippen molar-refractivity contribution in [3.8, 4) is 5.75 Å². The number of anilines is 3. The quantitative estimate of drug-likeness (QED) is 0.545. The highest BCUT2D eigenvalue weighted by atomic mass is 19.1. The van der Waals surface area contributed by atoms with Gasteiger partial charge >= 0.3 is 0 Å². The zero-order valence-corrected chi connectivity index (χ0v) is 20.7. The first-order chi connectivity index (χ1) is 17.4. The van der Waals surface area contributed by atoms with Gasteiger partial charge in [-0.25, -0.2) is 4.39 Å². The van der Waals surface area contributed by atoms with Crippen molar-refractivity contribution in [1.29, 1.82) is 0 Å². The molecule has 2 N–H and O–H groups in total.